The van der Waals surface area contributed by atoms with E-state index in [-0.39, 0.29) is 31.4 Å². The zero-order valence-electron chi connectivity index (χ0n) is 18.3. The monoisotopic (exact) mass is 520 g/mol. The molecule has 0 saturated carbocycles. The molecule has 34 heavy (non-hydrogen) atoms. The van der Waals surface area contributed by atoms with Crippen molar-refractivity contribution in [3.05, 3.63) is 57.5 Å². The van der Waals surface area contributed by atoms with Gasteiger partial charge < -0.3 is 19.9 Å². The van der Waals surface area contributed by atoms with Crippen LogP contribution in [0.25, 0.3) is 6.08 Å². The summed E-state index contributed by atoms with van der Waals surface area (Å²) in [6, 6.07) is 10.2. The van der Waals surface area contributed by atoms with Gasteiger partial charge >= 0.3 is 5.97 Å². The summed E-state index contributed by atoms with van der Waals surface area (Å²) < 4.78 is 11.3. The fourth-order valence-corrected chi connectivity index (χ4v) is 4.50. The molecule has 0 unspecified atom stereocenters. The van der Waals surface area contributed by atoms with Crippen LogP contribution in [0.3, 0.4) is 0 Å². The Bertz CT molecular complexity index is 1180. The molecule has 1 heterocycles. The number of hydrogen-bond acceptors (Lipinski definition) is 7. The molecule has 1 aliphatic rings. The molecule has 8 nitrogen and oxygen atoms in total. The van der Waals surface area contributed by atoms with Crippen molar-refractivity contribution >= 4 is 69.4 Å². The van der Waals surface area contributed by atoms with Crippen LogP contribution >= 0.6 is 35.6 Å². The Labute approximate surface area is 210 Å². The van der Waals surface area contributed by atoms with Gasteiger partial charge in [-0.2, -0.15) is 0 Å². The normalized spacial score (nSPS) is 14.4. The molecule has 3 rings (SSSR count). The maximum absolute atomic E-state index is 12.6. The van der Waals surface area contributed by atoms with Crippen molar-refractivity contribution in [2.45, 2.75) is 13.3 Å². The number of rotatable bonds is 9. The van der Waals surface area contributed by atoms with Crippen molar-refractivity contribution in [1.82, 2.24) is 4.90 Å². The third-order valence-corrected chi connectivity index (χ3v) is 6.60. The van der Waals surface area contributed by atoms with E-state index in [2.05, 4.69) is 5.32 Å². The number of hydrogen-bond donors (Lipinski definition) is 2. The third-order valence-electron chi connectivity index (χ3n) is 4.81. The average Bonchev–Trinajstić information content (AvgIpc) is 3.06. The van der Waals surface area contributed by atoms with Crippen molar-refractivity contribution in [3.63, 3.8) is 0 Å². The second kappa shape index (κ2) is 11.4. The first-order valence-electron chi connectivity index (χ1n) is 10.0. The highest BCUT2D eigenvalue weighted by atomic mass is 35.5. The zero-order chi connectivity index (χ0) is 24.8. The molecule has 0 bridgehead atoms. The summed E-state index contributed by atoms with van der Waals surface area (Å²) in [5, 5.41) is 12.2. The standard InChI is InChI=1S/C23H21ClN2O6S2/c1-13-15(24)4-3-5-16(13)25-20(27)12-32-17-7-6-14(10-18(17)31-2)11-19-22(30)26(23(33)34-19)9-8-21(28)29/h3-7,10-11H,8-9,12H2,1-2H3,(H,25,27)(H,28,29)/b19-11-. The van der Waals surface area contributed by atoms with Crippen LogP contribution < -0.4 is 14.8 Å². The van der Waals surface area contributed by atoms with E-state index >= 15 is 0 Å². The molecule has 2 N–H and O–H groups in total. The van der Waals surface area contributed by atoms with Crippen molar-refractivity contribution in [1.29, 1.82) is 0 Å². The van der Waals surface area contributed by atoms with Gasteiger partial charge in [-0.3, -0.25) is 19.3 Å². The number of aliphatic carboxylic acids is 1. The molecular formula is C23H21ClN2O6S2. The first-order valence-corrected chi connectivity index (χ1v) is 11.6. The number of benzene rings is 2. The minimum atomic E-state index is -1.00. The molecule has 0 atom stereocenters. The maximum Gasteiger partial charge on any atom is 0.305 e. The number of carboxylic acid groups (broad SMARTS) is 1. The molecule has 0 radical (unpaired) electrons. The number of nitrogens with one attached hydrogen (secondary N) is 1. The molecule has 178 valence electrons. The van der Waals surface area contributed by atoms with E-state index < -0.39 is 5.97 Å². The van der Waals surface area contributed by atoms with Crippen LogP contribution in [-0.2, 0) is 14.4 Å². The summed E-state index contributed by atoms with van der Waals surface area (Å²) in [5.41, 5.74) is 2.01. The minimum absolute atomic E-state index is 0.0181. The van der Waals surface area contributed by atoms with Gasteiger partial charge in [-0.05, 0) is 48.4 Å². The van der Waals surface area contributed by atoms with Crippen LogP contribution in [0.1, 0.15) is 17.5 Å². The number of thiocarbonyl (C=S) groups is 1. The molecule has 0 aliphatic carbocycles. The Kier molecular flexibility index (Phi) is 8.54. The lowest BCUT2D eigenvalue weighted by Gasteiger charge is -2.13. The van der Waals surface area contributed by atoms with Gasteiger partial charge in [0.1, 0.15) is 4.32 Å². The summed E-state index contributed by atoms with van der Waals surface area (Å²) >= 11 is 12.4. The summed E-state index contributed by atoms with van der Waals surface area (Å²) in [7, 11) is 1.47. The highest BCUT2D eigenvalue weighted by Crippen LogP contribution is 2.35. The molecule has 1 saturated heterocycles. The average molecular weight is 521 g/mol. The number of methoxy groups -OCH3 is 1. The van der Waals surface area contributed by atoms with Crippen molar-refractivity contribution in [3.8, 4) is 11.5 Å². The fourth-order valence-electron chi connectivity index (χ4n) is 3.02. The number of carboxylic acids is 1. The zero-order valence-corrected chi connectivity index (χ0v) is 20.7. The second-order valence-electron chi connectivity index (χ2n) is 7.14. The quantitative estimate of drug-likeness (QED) is 0.371. The largest absolute Gasteiger partial charge is 0.493 e. The van der Waals surface area contributed by atoms with Crippen LogP contribution in [0.2, 0.25) is 5.02 Å². The fraction of sp³-hybridized carbons (Fsp3) is 0.217. The molecule has 0 aromatic heterocycles. The number of carbonyl (C=O) groups is 3. The molecule has 1 aliphatic heterocycles. The van der Waals surface area contributed by atoms with Crippen molar-refractivity contribution < 1.29 is 29.0 Å². The van der Waals surface area contributed by atoms with Crippen LogP contribution in [0.5, 0.6) is 11.5 Å². The highest BCUT2D eigenvalue weighted by molar-refractivity contribution is 8.26. The van der Waals surface area contributed by atoms with E-state index in [4.69, 9.17) is 38.4 Å². The van der Waals surface area contributed by atoms with Gasteiger partial charge in [0.2, 0.25) is 0 Å². The number of carbonyl (C=O) groups excluding carboxylic acids is 2. The summed E-state index contributed by atoms with van der Waals surface area (Å²) in [6.45, 7) is 1.58. The predicted molar refractivity (Wildman–Crippen MR) is 135 cm³/mol. The van der Waals surface area contributed by atoms with Crippen molar-refractivity contribution in [2.24, 2.45) is 0 Å². The maximum atomic E-state index is 12.6. The van der Waals surface area contributed by atoms with Gasteiger partial charge in [0.25, 0.3) is 11.8 Å². The lowest BCUT2D eigenvalue weighted by atomic mass is 10.2. The number of halogens is 1. The summed E-state index contributed by atoms with van der Waals surface area (Å²) in [4.78, 5) is 37.3. The third kappa shape index (κ3) is 6.28. The van der Waals surface area contributed by atoms with Gasteiger partial charge in [0.05, 0.1) is 18.4 Å². The number of anilines is 1. The Morgan fingerprint density at radius 2 is 2.03 bits per heavy atom. The number of amides is 2. The number of ether oxygens (including phenoxy) is 2. The molecular weight excluding hydrogens is 500 g/mol. The van der Waals surface area contributed by atoms with Crippen LogP contribution in [-0.4, -0.2) is 52.4 Å². The lowest BCUT2D eigenvalue weighted by Crippen LogP contribution is -2.30. The van der Waals surface area contributed by atoms with E-state index in [9.17, 15) is 14.4 Å². The van der Waals surface area contributed by atoms with Gasteiger partial charge in [0.15, 0.2) is 18.1 Å². The predicted octanol–water partition coefficient (Wildman–Crippen LogP) is 4.35. The Hall–Kier alpha value is -3.08. The smallest absolute Gasteiger partial charge is 0.305 e. The molecule has 11 heteroatoms. The first kappa shape index (κ1) is 25.5. The van der Waals surface area contributed by atoms with Gasteiger partial charge in [-0.25, -0.2) is 0 Å². The lowest BCUT2D eigenvalue weighted by molar-refractivity contribution is -0.137. The van der Waals surface area contributed by atoms with E-state index in [1.807, 2.05) is 0 Å². The van der Waals surface area contributed by atoms with Crippen LogP contribution in [0.15, 0.2) is 41.3 Å². The Morgan fingerprint density at radius 1 is 1.26 bits per heavy atom. The van der Waals surface area contributed by atoms with Crippen LogP contribution in [0, 0.1) is 6.92 Å². The van der Waals surface area contributed by atoms with E-state index in [0.29, 0.717) is 37.0 Å². The Balaban J connectivity index is 1.67. The topological polar surface area (TPSA) is 105 Å². The van der Waals surface area contributed by atoms with E-state index in [1.165, 1.54) is 12.0 Å². The van der Waals surface area contributed by atoms with Crippen LogP contribution in [0.4, 0.5) is 5.69 Å². The number of nitrogens with zero attached hydrogens (tertiary/aromatic N) is 1. The van der Waals surface area contributed by atoms with Gasteiger partial charge in [0, 0.05) is 17.3 Å². The van der Waals surface area contributed by atoms with Gasteiger partial charge in [-0.15, -0.1) is 0 Å². The number of thioether (sulfide) groups is 1. The van der Waals surface area contributed by atoms with Gasteiger partial charge in [-0.1, -0.05) is 47.7 Å². The molecule has 0 spiro atoms. The minimum Gasteiger partial charge on any atom is -0.493 e. The second-order valence-corrected chi connectivity index (χ2v) is 9.22. The van der Waals surface area contributed by atoms with Crippen molar-refractivity contribution in [2.75, 3.05) is 25.6 Å². The molecule has 2 aromatic carbocycles. The van der Waals surface area contributed by atoms with E-state index in [1.54, 1.807) is 49.4 Å². The molecule has 2 amide bonds. The molecule has 1 fully saturated rings. The molecule has 2 aromatic rings. The summed E-state index contributed by atoms with van der Waals surface area (Å²) in [5.74, 6) is -0.978. The van der Waals surface area contributed by atoms with E-state index in [0.717, 1.165) is 17.3 Å². The summed E-state index contributed by atoms with van der Waals surface area (Å²) in [6.07, 6.45) is 1.45. The SMILES string of the molecule is COc1cc(/C=C2\SC(=S)N(CCC(=O)O)C2=O)ccc1OCC(=O)Nc1cccc(Cl)c1C. The first-order chi connectivity index (χ1) is 16.2. The highest BCUT2D eigenvalue weighted by Gasteiger charge is 2.32. The Morgan fingerprint density at radius 3 is 2.74 bits per heavy atom.